The Balaban J connectivity index is 1.94. The Morgan fingerprint density at radius 3 is 2.56 bits per heavy atom. The Labute approximate surface area is 164 Å². The van der Waals surface area contributed by atoms with Crippen molar-refractivity contribution in [2.24, 2.45) is 4.99 Å². The molecule has 2 aromatic rings. The van der Waals surface area contributed by atoms with E-state index >= 15 is 0 Å². The highest BCUT2D eigenvalue weighted by molar-refractivity contribution is 8.18. The summed E-state index contributed by atoms with van der Waals surface area (Å²) in [6, 6.07) is 15.8. The molecule has 1 heterocycles. The lowest BCUT2D eigenvalue weighted by atomic mass is 10.2. The van der Waals surface area contributed by atoms with Gasteiger partial charge >= 0.3 is 0 Å². The molecular formula is C22H24N2O2S. The summed E-state index contributed by atoms with van der Waals surface area (Å²) in [7, 11) is 0. The Bertz CT molecular complexity index is 872. The molecule has 4 nitrogen and oxygen atoms in total. The zero-order valence-electron chi connectivity index (χ0n) is 15.9. The number of carbonyl (C=O) groups is 1. The first kappa shape index (κ1) is 19.2. The fraction of sp³-hybridized carbons (Fsp3) is 0.273. The van der Waals surface area contributed by atoms with Gasteiger partial charge in [0.25, 0.3) is 5.91 Å². The molecular weight excluding hydrogens is 356 g/mol. The van der Waals surface area contributed by atoms with Crippen LogP contribution >= 0.6 is 11.8 Å². The molecule has 0 N–H and O–H groups in total. The number of para-hydroxylation sites is 1. The molecule has 5 heteroatoms. The third-order valence-corrected chi connectivity index (χ3v) is 5.11. The lowest BCUT2D eigenvalue weighted by molar-refractivity contribution is -0.122. The van der Waals surface area contributed by atoms with E-state index < -0.39 is 0 Å². The van der Waals surface area contributed by atoms with E-state index in [9.17, 15) is 4.79 Å². The number of nitrogens with zero attached hydrogens (tertiary/aromatic N) is 2. The number of ether oxygens (including phenoxy) is 1. The Morgan fingerprint density at radius 1 is 1.11 bits per heavy atom. The van der Waals surface area contributed by atoms with Gasteiger partial charge in [-0.2, -0.15) is 0 Å². The van der Waals surface area contributed by atoms with Gasteiger partial charge in [-0.1, -0.05) is 42.8 Å². The molecule has 140 valence electrons. The van der Waals surface area contributed by atoms with Gasteiger partial charge in [0.15, 0.2) is 5.17 Å². The fourth-order valence-electron chi connectivity index (χ4n) is 2.77. The average Bonchev–Trinajstić information content (AvgIpc) is 2.95. The summed E-state index contributed by atoms with van der Waals surface area (Å²) in [4.78, 5) is 20.1. The second kappa shape index (κ2) is 8.91. The number of thioether (sulfide) groups is 1. The fourth-order valence-corrected chi connectivity index (χ4v) is 3.79. The average molecular weight is 381 g/mol. The molecule has 1 aliphatic heterocycles. The molecule has 27 heavy (non-hydrogen) atoms. The van der Waals surface area contributed by atoms with Crippen LogP contribution in [0.1, 0.15) is 31.4 Å². The highest BCUT2D eigenvalue weighted by Crippen LogP contribution is 2.35. The van der Waals surface area contributed by atoms with E-state index in [-0.39, 0.29) is 5.91 Å². The summed E-state index contributed by atoms with van der Waals surface area (Å²) < 4.78 is 5.68. The second-order valence-electron chi connectivity index (χ2n) is 6.27. The van der Waals surface area contributed by atoms with Gasteiger partial charge in [0, 0.05) is 12.1 Å². The van der Waals surface area contributed by atoms with Crippen molar-refractivity contribution in [2.45, 2.75) is 27.2 Å². The quantitative estimate of drug-likeness (QED) is 0.630. The number of amidine groups is 1. The molecule has 0 unspecified atom stereocenters. The summed E-state index contributed by atoms with van der Waals surface area (Å²) in [5.74, 6) is 0.783. The van der Waals surface area contributed by atoms with Crippen LogP contribution in [0.5, 0.6) is 5.75 Å². The van der Waals surface area contributed by atoms with E-state index in [2.05, 4.69) is 6.92 Å². The first-order valence-corrected chi connectivity index (χ1v) is 10.0. The number of aliphatic imine (C=N–C) groups is 1. The summed E-state index contributed by atoms with van der Waals surface area (Å²) in [6.07, 6.45) is 2.78. The minimum Gasteiger partial charge on any atom is -0.493 e. The lowest BCUT2D eigenvalue weighted by Gasteiger charge is -2.14. The maximum Gasteiger partial charge on any atom is 0.266 e. The van der Waals surface area contributed by atoms with E-state index in [1.165, 1.54) is 17.3 Å². The Hall–Kier alpha value is -2.53. The van der Waals surface area contributed by atoms with Crippen LogP contribution in [0.2, 0.25) is 0 Å². The smallest absolute Gasteiger partial charge is 0.266 e. The topological polar surface area (TPSA) is 41.9 Å². The van der Waals surface area contributed by atoms with Crippen molar-refractivity contribution in [1.29, 1.82) is 0 Å². The van der Waals surface area contributed by atoms with Gasteiger partial charge < -0.3 is 4.74 Å². The van der Waals surface area contributed by atoms with Crippen molar-refractivity contribution >= 4 is 34.6 Å². The molecule has 0 bridgehead atoms. The number of amides is 1. The van der Waals surface area contributed by atoms with Gasteiger partial charge in [0.05, 0.1) is 17.2 Å². The minimum atomic E-state index is -0.000914. The standard InChI is InChI=1S/C22H24N2O2S/c1-4-14-24-21(25)20(15-17-8-6-7-9-19(17)26-5-2)27-22(24)23-18-12-10-16(3)11-13-18/h6-13,15H,4-5,14H2,1-3H3/b20-15+,23-22?. The van der Waals surface area contributed by atoms with Gasteiger partial charge in [-0.05, 0) is 56.3 Å². The van der Waals surface area contributed by atoms with Gasteiger partial charge in [-0.3, -0.25) is 9.69 Å². The van der Waals surface area contributed by atoms with Crippen LogP contribution in [0, 0.1) is 6.92 Å². The molecule has 3 rings (SSSR count). The highest BCUT2D eigenvalue weighted by atomic mass is 32.2. The van der Waals surface area contributed by atoms with E-state index in [0.29, 0.717) is 18.1 Å². The van der Waals surface area contributed by atoms with Gasteiger partial charge in [0.2, 0.25) is 0 Å². The number of aryl methyl sites for hydroxylation is 1. The largest absolute Gasteiger partial charge is 0.493 e. The van der Waals surface area contributed by atoms with E-state index in [4.69, 9.17) is 9.73 Å². The third-order valence-electron chi connectivity index (χ3n) is 4.10. The molecule has 0 saturated carbocycles. The van der Waals surface area contributed by atoms with Crippen molar-refractivity contribution in [1.82, 2.24) is 4.90 Å². The van der Waals surface area contributed by atoms with Crippen LogP contribution < -0.4 is 4.74 Å². The van der Waals surface area contributed by atoms with Crippen molar-refractivity contribution in [3.05, 3.63) is 64.6 Å². The molecule has 0 atom stereocenters. The van der Waals surface area contributed by atoms with Crippen molar-refractivity contribution < 1.29 is 9.53 Å². The summed E-state index contributed by atoms with van der Waals surface area (Å²) >= 11 is 1.42. The zero-order chi connectivity index (χ0) is 19.2. The van der Waals surface area contributed by atoms with Crippen LogP contribution in [0.25, 0.3) is 6.08 Å². The van der Waals surface area contributed by atoms with E-state index in [0.717, 1.165) is 28.6 Å². The van der Waals surface area contributed by atoms with Crippen molar-refractivity contribution in [2.75, 3.05) is 13.2 Å². The molecule has 1 amide bonds. The number of hydrogen-bond donors (Lipinski definition) is 0. The molecule has 1 aliphatic rings. The molecule has 1 fully saturated rings. The maximum absolute atomic E-state index is 12.9. The van der Waals surface area contributed by atoms with E-state index in [1.807, 2.05) is 68.5 Å². The van der Waals surface area contributed by atoms with Crippen LogP contribution in [0.15, 0.2) is 58.4 Å². The van der Waals surface area contributed by atoms with Crippen LogP contribution in [0.3, 0.4) is 0 Å². The number of carbonyl (C=O) groups excluding carboxylic acids is 1. The van der Waals surface area contributed by atoms with Crippen LogP contribution in [0.4, 0.5) is 5.69 Å². The normalized spacial score (nSPS) is 17.1. The van der Waals surface area contributed by atoms with Crippen molar-refractivity contribution in [3.63, 3.8) is 0 Å². The minimum absolute atomic E-state index is 0.000914. The lowest BCUT2D eigenvalue weighted by Crippen LogP contribution is -2.29. The number of benzene rings is 2. The summed E-state index contributed by atoms with van der Waals surface area (Å²) in [5.41, 5.74) is 2.95. The molecule has 0 spiro atoms. The first-order chi connectivity index (χ1) is 13.1. The van der Waals surface area contributed by atoms with Crippen molar-refractivity contribution in [3.8, 4) is 5.75 Å². The van der Waals surface area contributed by atoms with Gasteiger partial charge in [-0.25, -0.2) is 4.99 Å². The van der Waals surface area contributed by atoms with Gasteiger partial charge in [0.1, 0.15) is 5.75 Å². The Kier molecular flexibility index (Phi) is 6.35. The predicted molar refractivity (Wildman–Crippen MR) is 113 cm³/mol. The molecule has 1 saturated heterocycles. The van der Waals surface area contributed by atoms with Gasteiger partial charge in [-0.15, -0.1) is 0 Å². The monoisotopic (exact) mass is 380 g/mol. The molecule has 0 aromatic heterocycles. The summed E-state index contributed by atoms with van der Waals surface area (Å²) in [5, 5.41) is 0.728. The molecule has 0 radical (unpaired) electrons. The van der Waals surface area contributed by atoms with Crippen LogP contribution in [-0.2, 0) is 4.79 Å². The van der Waals surface area contributed by atoms with E-state index in [1.54, 1.807) is 4.90 Å². The highest BCUT2D eigenvalue weighted by Gasteiger charge is 2.32. The van der Waals surface area contributed by atoms with Crippen LogP contribution in [-0.4, -0.2) is 29.1 Å². The predicted octanol–water partition coefficient (Wildman–Crippen LogP) is 5.41. The number of hydrogen-bond acceptors (Lipinski definition) is 4. The SMILES string of the molecule is CCCN1C(=O)/C(=C\c2ccccc2OCC)SC1=Nc1ccc(C)cc1. The summed E-state index contributed by atoms with van der Waals surface area (Å²) in [6.45, 7) is 7.30. The maximum atomic E-state index is 12.9. The molecule has 0 aliphatic carbocycles. The zero-order valence-corrected chi connectivity index (χ0v) is 16.8. The molecule has 2 aromatic carbocycles. The number of rotatable bonds is 6. The Morgan fingerprint density at radius 2 is 1.85 bits per heavy atom. The third kappa shape index (κ3) is 4.61. The first-order valence-electron chi connectivity index (χ1n) is 9.21. The second-order valence-corrected chi connectivity index (χ2v) is 7.28.